The van der Waals surface area contributed by atoms with Crippen LogP contribution in [0.2, 0.25) is 0 Å². The van der Waals surface area contributed by atoms with Crippen LogP contribution in [-0.4, -0.2) is 50.5 Å². The fraction of sp³-hybridized carbons (Fsp3) is 0.462. The van der Waals surface area contributed by atoms with Crippen molar-refractivity contribution in [2.24, 2.45) is 0 Å². The zero-order valence-electron chi connectivity index (χ0n) is 21.1. The van der Waals surface area contributed by atoms with Crippen LogP contribution in [0.3, 0.4) is 0 Å². The summed E-state index contributed by atoms with van der Waals surface area (Å²) in [6.45, 7) is 9.89. The normalized spacial score (nSPS) is 12.2. The second-order valence-corrected chi connectivity index (χ2v) is 10.7. The molecule has 0 aromatic heterocycles. The molecule has 1 atom stereocenters. The molecule has 2 aromatic rings. The Bertz CT molecular complexity index is 1090. The summed E-state index contributed by atoms with van der Waals surface area (Å²) in [5, 5.41) is 2.88. The molecule has 1 N–H and O–H groups in total. The largest absolute Gasteiger partial charge is 0.354 e. The van der Waals surface area contributed by atoms with E-state index in [-0.39, 0.29) is 19.0 Å². The highest BCUT2D eigenvalue weighted by Crippen LogP contribution is 2.22. The van der Waals surface area contributed by atoms with Crippen LogP contribution < -0.4 is 9.62 Å². The van der Waals surface area contributed by atoms with Crippen molar-refractivity contribution in [3.63, 3.8) is 0 Å². The first-order valence-electron chi connectivity index (χ1n) is 11.6. The Labute approximate surface area is 204 Å². The molecular weight excluding hydrogens is 450 g/mol. The number of amides is 2. The van der Waals surface area contributed by atoms with E-state index < -0.39 is 22.0 Å². The Kier molecular flexibility index (Phi) is 9.67. The molecule has 8 heteroatoms. The number of sulfonamides is 1. The summed E-state index contributed by atoms with van der Waals surface area (Å²) in [6, 6.07) is 12.5. The molecule has 0 aliphatic rings. The van der Waals surface area contributed by atoms with Gasteiger partial charge in [0.25, 0.3) is 0 Å². The lowest BCUT2D eigenvalue weighted by atomic mass is 10.1. The van der Waals surface area contributed by atoms with Gasteiger partial charge in [0, 0.05) is 13.1 Å². The Balaban J connectivity index is 2.45. The summed E-state index contributed by atoms with van der Waals surface area (Å²) in [5.41, 5.74) is 4.16. The number of rotatable bonds is 11. The number of carbonyl (C=O) groups is 2. The number of hydrogen-bond donors (Lipinski definition) is 1. The molecule has 0 radical (unpaired) electrons. The van der Waals surface area contributed by atoms with Gasteiger partial charge in [-0.05, 0) is 62.4 Å². The number of benzene rings is 2. The summed E-state index contributed by atoms with van der Waals surface area (Å²) in [5.74, 6) is -0.660. The van der Waals surface area contributed by atoms with E-state index in [1.807, 2.05) is 65.0 Å². The minimum Gasteiger partial charge on any atom is -0.354 e. The maximum atomic E-state index is 13.7. The molecule has 2 rings (SSSR count). The molecule has 0 fully saturated rings. The monoisotopic (exact) mass is 487 g/mol. The molecule has 34 heavy (non-hydrogen) atoms. The standard InChI is InChI=1S/C26H37N3O4S/c1-7-12-27-26(31)24(8-2)28(17-22-11-9-10-19(3)14-22)25(30)18-29(34(6,32)33)23-15-20(4)13-21(5)16-23/h9-11,13-16,24H,7-8,12,17-18H2,1-6H3,(H,27,31). The highest BCUT2D eigenvalue weighted by atomic mass is 32.2. The fourth-order valence-corrected chi connectivity index (χ4v) is 4.83. The first-order valence-corrected chi connectivity index (χ1v) is 13.5. The molecule has 0 bridgehead atoms. The van der Waals surface area contributed by atoms with Gasteiger partial charge in [0.2, 0.25) is 21.8 Å². The summed E-state index contributed by atoms with van der Waals surface area (Å²) in [4.78, 5) is 28.1. The van der Waals surface area contributed by atoms with Gasteiger partial charge in [0.05, 0.1) is 11.9 Å². The predicted octanol–water partition coefficient (Wildman–Crippen LogP) is 3.71. The topological polar surface area (TPSA) is 86.8 Å². The van der Waals surface area contributed by atoms with Crippen LogP contribution in [0.15, 0.2) is 42.5 Å². The molecule has 0 saturated carbocycles. The van der Waals surface area contributed by atoms with E-state index in [0.29, 0.717) is 18.7 Å². The average Bonchev–Trinajstić information content (AvgIpc) is 2.74. The molecule has 0 saturated heterocycles. The van der Waals surface area contributed by atoms with Crippen molar-refractivity contribution in [1.29, 1.82) is 0 Å². The number of nitrogens with one attached hydrogen (secondary N) is 1. The third kappa shape index (κ3) is 7.58. The van der Waals surface area contributed by atoms with Crippen molar-refractivity contribution in [3.8, 4) is 0 Å². The summed E-state index contributed by atoms with van der Waals surface area (Å²) < 4.78 is 26.5. The van der Waals surface area contributed by atoms with E-state index >= 15 is 0 Å². The van der Waals surface area contributed by atoms with Crippen molar-refractivity contribution in [2.45, 2.75) is 60.0 Å². The molecule has 0 spiro atoms. The maximum Gasteiger partial charge on any atom is 0.244 e. The number of anilines is 1. The Morgan fingerprint density at radius 3 is 2.15 bits per heavy atom. The Morgan fingerprint density at radius 1 is 0.971 bits per heavy atom. The van der Waals surface area contributed by atoms with Gasteiger partial charge in [0.1, 0.15) is 12.6 Å². The van der Waals surface area contributed by atoms with Gasteiger partial charge in [0.15, 0.2) is 0 Å². The molecule has 2 aromatic carbocycles. The lowest BCUT2D eigenvalue weighted by Crippen LogP contribution is -2.52. The van der Waals surface area contributed by atoms with Crippen molar-refractivity contribution < 1.29 is 18.0 Å². The minimum atomic E-state index is -3.74. The summed E-state index contributed by atoms with van der Waals surface area (Å²) in [7, 11) is -3.74. The average molecular weight is 488 g/mol. The zero-order chi connectivity index (χ0) is 25.5. The first kappa shape index (κ1) is 27.4. The van der Waals surface area contributed by atoms with Crippen LogP contribution in [0.4, 0.5) is 5.69 Å². The predicted molar refractivity (Wildman–Crippen MR) is 137 cm³/mol. The van der Waals surface area contributed by atoms with Crippen LogP contribution in [0.1, 0.15) is 48.9 Å². The van der Waals surface area contributed by atoms with E-state index in [9.17, 15) is 18.0 Å². The van der Waals surface area contributed by atoms with Crippen LogP contribution in [0.25, 0.3) is 0 Å². The van der Waals surface area contributed by atoms with Gasteiger partial charge in [-0.15, -0.1) is 0 Å². The molecule has 1 unspecified atom stereocenters. The first-order chi connectivity index (χ1) is 16.0. The molecule has 0 aliphatic carbocycles. The quantitative estimate of drug-likeness (QED) is 0.523. The molecule has 186 valence electrons. The van der Waals surface area contributed by atoms with E-state index in [4.69, 9.17) is 0 Å². The fourth-order valence-electron chi connectivity index (χ4n) is 4.00. The third-order valence-electron chi connectivity index (χ3n) is 5.54. The lowest BCUT2D eigenvalue weighted by Gasteiger charge is -2.33. The van der Waals surface area contributed by atoms with Gasteiger partial charge in [-0.3, -0.25) is 13.9 Å². The highest BCUT2D eigenvalue weighted by Gasteiger charge is 2.31. The zero-order valence-corrected chi connectivity index (χ0v) is 21.9. The van der Waals surface area contributed by atoms with E-state index in [0.717, 1.165) is 39.2 Å². The summed E-state index contributed by atoms with van der Waals surface area (Å²) in [6.07, 6.45) is 2.28. The van der Waals surface area contributed by atoms with Gasteiger partial charge in [-0.25, -0.2) is 8.42 Å². The lowest BCUT2D eigenvalue weighted by molar-refractivity contribution is -0.140. The van der Waals surface area contributed by atoms with E-state index in [1.165, 1.54) is 4.90 Å². The highest BCUT2D eigenvalue weighted by molar-refractivity contribution is 7.92. The van der Waals surface area contributed by atoms with E-state index in [2.05, 4.69) is 5.32 Å². The van der Waals surface area contributed by atoms with Crippen LogP contribution in [-0.2, 0) is 26.2 Å². The molecular formula is C26H37N3O4S. The molecule has 7 nitrogen and oxygen atoms in total. The van der Waals surface area contributed by atoms with Crippen molar-refractivity contribution in [1.82, 2.24) is 10.2 Å². The number of aryl methyl sites for hydroxylation is 3. The van der Waals surface area contributed by atoms with Crippen molar-refractivity contribution in [2.75, 3.05) is 23.7 Å². The second kappa shape index (κ2) is 12.0. The Morgan fingerprint density at radius 2 is 1.62 bits per heavy atom. The number of nitrogens with zero attached hydrogens (tertiary/aromatic N) is 2. The SMILES string of the molecule is CCCNC(=O)C(CC)N(Cc1cccc(C)c1)C(=O)CN(c1cc(C)cc(C)c1)S(C)(=O)=O. The third-order valence-corrected chi connectivity index (χ3v) is 6.68. The minimum absolute atomic E-state index is 0.211. The second-order valence-electron chi connectivity index (χ2n) is 8.84. The molecule has 0 aliphatic heterocycles. The van der Waals surface area contributed by atoms with Crippen LogP contribution in [0, 0.1) is 20.8 Å². The smallest absolute Gasteiger partial charge is 0.244 e. The number of carbonyl (C=O) groups excluding carboxylic acids is 2. The summed E-state index contributed by atoms with van der Waals surface area (Å²) >= 11 is 0. The Hall–Kier alpha value is -2.87. The van der Waals surface area contributed by atoms with Crippen molar-refractivity contribution >= 4 is 27.5 Å². The van der Waals surface area contributed by atoms with Crippen LogP contribution in [0.5, 0.6) is 0 Å². The maximum absolute atomic E-state index is 13.7. The number of hydrogen-bond acceptors (Lipinski definition) is 4. The molecule has 2 amide bonds. The van der Waals surface area contributed by atoms with Crippen molar-refractivity contribution in [3.05, 3.63) is 64.7 Å². The van der Waals surface area contributed by atoms with Gasteiger partial charge >= 0.3 is 0 Å². The van der Waals surface area contributed by atoms with Gasteiger partial charge in [-0.2, -0.15) is 0 Å². The van der Waals surface area contributed by atoms with Gasteiger partial charge < -0.3 is 10.2 Å². The molecule has 0 heterocycles. The van der Waals surface area contributed by atoms with Gasteiger partial charge in [-0.1, -0.05) is 49.7 Å². The van der Waals surface area contributed by atoms with E-state index in [1.54, 1.807) is 12.1 Å². The van der Waals surface area contributed by atoms with Crippen LogP contribution >= 0.6 is 0 Å².